The minimum Gasteiger partial charge on any atom is -0.497 e. The predicted octanol–water partition coefficient (Wildman–Crippen LogP) is 5.10. The van der Waals surface area contributed by atoms with Crippen molar-refractivity contribution in [3.63, 3.8) is 0 Å². The highest BCUT2D eigenvalue weighted by atomic mass is 35.5. The molecular weight excluding hydrogens is 400 g/mol. The lowest BCUT2D eigenvalue weighted by atomic mass is 9.96. The first-order valence-electron chi connectivity index (χ1n) is 9.69. The monoisotopic (exact) mass is 418 g/mol. The molecular formula is C24H19ClN2O3. The molecule has 5 nitrogen and oxygen atoms in total. The first-order valence-corrected chi connectivity index (χ1v) is 10.1. The Morgan fingerprint density at radius 2 is 1.87 bits per heavy atom. The van der Waals surface area contributed by atoms with Crippen LogP contribution in [-0.4, -0.2) is 29.8 Å². The van der Waals surface area contributed by atoms with Gasteiger partial charge in [0.1, 0.15) is 11.5 Å². The zero-order valence-corrected chi connectivity index (χ0v) is 17.0. The van der Waals surface area contributed by atoms with Gasteiger partial charge in [-0.15, -0.1) is 0 Å². The van der Waals surface area contributed by atoms with Gasteiger partial charge >= 0.3 is 0 Å². The van der Waals surface area contributed by atoms with E-state index >= 15 is 0 Å². The van der Waals surface area contributed by atoms with E-state index in [1.54, 1.807) is 42.5 Å². The van der Waals surface area contributed by atoms with Gasteiger partial charge in [-0.05, 0) is 48.0 Å². The summed E-state index contributed by atoms with van der Waals surface area (Å²) in [5.41, 5.74) is 3.44. The number of benzene rings is 3. The largest absolute Gasteiger partial charge is 0.497 e. The molecule has 6 heteroatoms. The summed E-state index contributed by atoms with van der Waals surface area (Å²) in [6.07, 6.45) is -0.175. The summed E-state index contributed by atoms with van der Waals surface area (Å²) in [6, 6.07) is 22.4. The Bertz CT molecular complexity index is 1130. The molecule has 2 aliphatic heterocycles. The van der Waals surface area contributed by atoms with Crippen molar-refractivity contribution in [3.05, 3.63) is 94.5 Å². The highest BCUT2D eigenvalue weighted by Crippen LogP contribution is 2.44. The summed E-state index contributed by atoms with van der Waals surface area (Å²) >= 11 is 6.25. The van der Waals surface area contributed by atoms with Crippen LogP contribution in [-0.2, 0) is 0 Å². The van der Waals surface area contributed by atoms with Gasteiger partial charge in [0.15, 0.2) is 0 Å². The van der Waals surface area contributed by atoms with Crippen LogP contribution in [0.15, 0.2) is 77.9 Å². The van der Waals surface area contributed by atoms with Crippen LogP contribution in [0.4, 0.5) is 0 Å². The molecule has 0 aliphatic carbocycles. The van der Waals surface area contributed by atoms with Crippen LogP contribution in [0.5, 0.6) is 11.5 Å². The molecule has 30 heavy (non-hydrogen) atoms. The quantitative estimate of drug-likeness (QED) is 0.553. The third-order valence-corrected chi connectivity index (χ3v) is 5.69. The fraction of sp³-hybridized carbons (Fsp3) is 0.167. The fourth-order valence-corrected chi connectivity index (χ4v) is 4.11. The summed E-state index contributed by atoms with van der Waals surface area (Å²) < 4.78 is 11.3. The molecule has 2 aliphatic rings. The predicted molar refractivity (Wildman–Crippen MR) is 115 cm³/mol. The minimum atomic E-state index is -0.849. The molecule has 5 rings (SSSR count). The molecule has 0 saturated carbocycles. The number of methoxy groups -OCH3 is 1. The Labute approximate surface area is 179 Å². The third-order valence-electron chi connectivity index (χ3n) is 5.46. The Morgan fingerprint density at radius 3 is 2.60 bits per heavy atom. The number of ether oxygens (including phenoxy) is 2. The number of carbonyl (C=O) groups excluding carboxylic acids is 1. The number of hydrogen-bond donors (Lipinski definition) is 0. The van der Waals surface area contributed by atoms with Crippen molar-refractivity contribution in [1.82, 2.24) is 5.01 Å². The summed E-state index contributed by atoms with van der Waals surface area (Å²) in [6.45, 7) is 0. The van der Waals surface area contributed by atoms with Crippen molar-refractivity contribution in [2.24, 2.45) is 5.10 Å². The van der Waals surface area contributed by atoms with Gasteiger partial charge in [0.25, 0.3) is 6.23 Å². The van der Waals surface area contributed by atoms with E-state index in [0.29, 0.717) is 28.5 Å². The van der Waals surface area contributed by atoms with Crippen LogP contribution >= 0.6 is 11.6 Å². The van der Waals surface area contributed by atoms with Crippen LogP contribution in [0.1, 0.15) is 33.9 Å². The van der Waals surface area contributed by atoms with Crippen LogP contribution in [0.3, 0.4) is 0 Å². The van der Waals surface area contributed by atoms with Crippen molar-refractivity contribution >= 4 is 23.1 Å². The molecule has 0 spiro atoms. The number of Topliss-reactive ketones (excluding diaryl/α,β-unsaturated/α-hetero) is 1. The van der Waals surface area contributed by atoms with Crippen LogP contribution in [0.2, 0.25) is 5.02 Å². The molecule has 0 bridgehead atoms. The second kappa shape index (κ2) is 7.50. The highest BCUT2D eigenvalue weighted by Gasteiger charge is 2.43. The second-order valence-electron chi connectivity index (χ2n) is 7.26. The van der Waals surface area contributed by atoms with Crippen molar-refractivity contribution in [2.45, 2.75) is 18.7 Å². The summed E-state index contributed by atoms with van der Waals surface area (Å²) in [5.74, 6) is 1.21. The number of fused-ring (bicyclic) bond motifs is 3. The molecule has 2 atom stereocenters. The zero-order chi connectivity index (χ0) is 20.7. The van der Waals surface area contributed by atoms with Gasteiger partial charge in [0, 0.05) is 22.6 Å². The van der Waals surface area contributed by atoms with E-state index in [0.717, 1.165) is 16.8 Å². The average molecular weight is 419 g/mol. The topological polar surface area (TPSA) is 51.1 Å². The highest BCUT2D eigenvalue weighted by molar-refractivity contribution is 6.30. The molecule has 0 aromatic heterocycles. The maximum Gasteiger partial charge on any atom is 0.251 e. The molecule has 0 amide bonds. The third kappa shape index (κ3) is 3.21. The van der Waals surface area contributed by atoms with E-state index < -0.39 is 6.23 Å². The van der Waals surface area contributed by atoms with E-state index in [2.05, 4.69) is 0 Å². The molecule has 2 heterocycles. The van der Waals surface area contributed by atoms with Gasteiger partial charge in [-0.1, -0.05) is 41.9 Å². The number of nitrogens with zero attached hydrogens (tertiary/aromatic N) is 2. The maximum absolute atomic E-state index is 13.4. The van der Waals surface area contributed by atoms with Gasteiger partial charge in [0.05, 0.1) is 18.9 Å². The number of ketones is 1. The number of rotatable bonds is 4. The summed E-state index contributed by atoms with van der Waals surface area (Å²) in [5, 5.41) is 7.21. The minimum absolute atomic E-state index is 0.116. The van der Waals surface area contributed by atoms with Gasteiger partial charge in [-0.2, -0.15) is 5.10 Å². The molecule has 3 aromatic rings. The van der Waals surface area contributed by atoms with E-state index in [1.807, 2.05) is 42.5 Å². The first kappa shape index (κ1) is 18.7. The Hall–Kier alpha value is -3.31. The van der Waals surface area contributed by atoms with Gasteiger partial charge in [-0.25, -0.2) is 5.01 Å². The van der Waals surface area contributed by atoms with E-state index in [-0.39, 0.29) is 11.8 Å². The average Bonchev–Trinajstić information content (AvgIpc) is 3.25. The smallest absolute Gasteiger partial charge is 0.251 e. The van der Waals surface area contributed by atoms with E-state index in [9.17, 15) is 4.79 Å². The standard InChI is InChI=1S/C24H19ClN2O3/c1-29-18-10-7-16(8-11-18)23(28)24-27-21(19-13-17(25)9-12-22(19)30-24)14-20(26-27)15-5-3-2-4-6-15/h2-13,21,24H,14H2,1H3. The maximum atomic E-state index is 13.4. The lowest BCUT2D eigenvalue weighted by molar-refractivity contribution is -0.00455. The number of carbonyl (C=O) groups is 1. The molecule has 0 saturated heterocycles. The Kier molecular flexibility index (Phi) is 4.68. The Morgan fingerprint density at radius 1 is 1.10 bits per heavy atom. The van der Waals surface area contributed by atoms with Gasteiger partial charge in [-0.3, -0.25) is 4.79 Å². The number of hydrazone groups is 1. The number of halogens is 1. The van der Waals surface area contributed by atoms with Crippen molar-refractivity contribution in [2.75, 3.05) is 7.11 Å². The zero-order valence-electron chi connectivity index (χ0n) is 16.3. The molecule has 0 radical (unpaired) electrons. The van der Waals surface area contributed by atoms with E-state index in [1.165, 1.54) is 0 Å². The normalized spacial score (nSPS) is 19.4. The lowest BCUT2D eigenvalue weighted by Crippen LogP contribution is -2.45. The van der Waals surface area contributed by atoms with Crippen LogP contribution in [0.25, 0.3) is 0 Å². The van der Waals surface area contributed by atoms with Crippen molar-refractivity contribution in [3.8, 4) is 11.5 Å². The molecule has 0 N–H and O–H groups in total. The van der Waals surface area contributed by atoms with E-state index in [4.69, 9.17) is 26.2 Å². The lowest BCUT2D eigenvalue weighted by Gasteiger charge is -2.37. The summed E-state index contributed by atoms with van der Waals surface area (Å²) in [4.78, 5) is 13.4. The molecule has 0 fully saturated rings. The fourth-order valence-electron chi connectivity index (χ4n) is 3.93. The van der Waals surface area contributed by atoms with Crippen LogP contribution < -0.4 is 9.47 Å². The van der Waals surface area contributed by atoms with Gasteiger partial charge in [0.2, 0.25) is 5.78 Å². The van der Waals surface area contributed by atoms with Crippen LogP contribution in [0, 0.1) is 0 Å². The molecule has 3 aromatic carbocycles. The Balaban J connectivity index is 1.55. The first-order chi connectivity index (χ1) is 14.6. The summed E-state index contributed by atoms with van der Waals surface area (Å²) in [7, 11) is 1.60. The molecule has 2 unspecified atom stereocenters. The SMILES string of the molecule is COc1ccc(C(=O)C2Oc3ccc(Cl)cc3C3CC(c4ccccc4)=NN23)cc1. The van der Waals surface area contributed by atoms with Crippen molar-refractivity contribution in [1.29, 1.82) is 0 Å². The van der Waals surface area contributed by atoms with Crippen molar-refractivity contribution < 1.29 is 14.3 Å². The molecule has 150 valence electrons. The second-order valence-corrected chi connectivity index (χ2v) is 7.69. The number of hydrogen-bond acceptors (Lipinski definition) is 5. The van der Waals surface area contributed by atoms with Gasteiger partial charge < -0.3 is 9.47 Å².